The SMILES string of the molecule is CC(C)(C)S(=O)(=O)Nc1ccc(Cl)nn1. The molecule has 0 aliphatic carbocycles. The highest BCUT2D eigenvalue weighted by molar-refractivity contribution is 7.94. The molecule has 0 unspecified atom stereocenters. The molecule has 0 atom stereocenters. The Labute approximate surface area is 93.9 Å². The van der Waals surface area contributed by atoms with Crippen molar-refractivity contribution < 1.29 is 8.42 Å². The summed E-state index contributed by atoms with van der Waals surface area (Å²) in [6, 6.07) is 2.92. The highest BCUT2D eigenvalue weighted by Gasteiger charge is 2.29. The van der Waals surface area contributed by atoms with Crippen LogP contribution < -0.4 is 4.72 Å². The molecular formula is C8H12ClN3O2S. The minimum atomic E-state index is -3.46. The van der Waals surface area contributed by atoms with Crippen LogP contribution in [0.1, 0.15) is 20.8 Å². The summed E-state index contributed by atoms with van der Waals surface area (Å²) in [5.74, 6) is 0.161. The summed E-state index contributed by atoms with van der Waals surface area (Å²) in [4.78, 5) is 0. The van der Waals surface area contributed by atoms with Crippen LogP contribution in [0.5, 0.6) is 0 Å². The number of sulfonamides is 1. The lowest BCUT2D eigenvalue weighted by Crippen LogP contribution is -2.34. The Morgan fingerprint density at radius 1 is 1.27 bits per heavy atom. The fourth-order valence-corrected chi connectivity index (χ4v) is 1.45. The van der Waals surface area contributed by atoms with Gasteiger partial charge in [0.1, 0.15) is 0 Å². The summed E-state index contributed by atoms with van der Waals surface area (Å²) < 4.78 is 24.8. The van der Waals surface area contributed by atoms with Crippen molar-refractivity contribution in [2.45, 2.75) is 25.5 Å². The van der Waals surface area contributed by atoms with E-state index < -0.39 is 14.8 Å². The van der Waals surface area contributed by atoms with E-state index in [2.05, 4.69) is 14.9 Å². The molecule has 0 bridgehead atoms. The van der Waals surface area contributed by atoms with Gasteiger partial charge >= 0.3 is 0 Å². The number of aromatic nitrogens is 2. The van der Waals surface area contributed by atoms with E-state index in [9.17, 15) is 8.42 Å². The zero-order valence-corrected chi connectivity index (χ0v) is 10.2. The molecule has 1 rings (SSSR count). The molecule has 0 spiro atoms. The molecule has 84 valence electrons. The molecule has 0 saturated carbocycles. The standard InChI is InChI=1S/C8H12ClN3O2S/c1-8(2,3)15(13,14)12-7-5-4-6(9)10-11-7/h4-5H,1-3H3,(H,11,12). The number of halogens is 1. The fraction of sp³-hybridized carbons (Fsp3) is 0.500. The van der Waals surface area contributed by atoms with E-state index in [0.29, 0.717) is 0 Å². The van der Waals surface area contributed by atoms with Gasteiger partial charge in [-0.3, -0.25) is 4.72 Å². The Morgan fingerprint density at radius 2 is 1.87 bits per heavy atom. The van der Waals surface area contributed by atoms with Gasteiger partial charge in [-0.2, -0.15) is 0 Å². The van der Waals surface area contributed by atoms with E-state index >= 15 is 0 Å². The average Bonchev–Trinajstić information content (AvgIpc) is 2.06. The number of rotatable bonds is 2. The molecule has 1 heterocycles. The van der Waals surface area contributed by atoms with Gasteiger partial charge in [-0.25, -0.2) is 8.42 Å². The average molecular weight is 250 g/mol. The van der Waals surface area contributed by atoms with Crippen LogP contribution in [0, 0.1) is 0 Å². The maximum Gasteiger partial charge on any atom is 0.238 e. The second-order valence-electron chi connectivity index (χ2n) is 3.96. The highest BCUT2D eigenvalue weighted by atomic mass is 35.5. The van der Waals surface area contributed by atoms with Crippen molar-refractivity contribution in [3.63, 3.8) is 0 Å². The first-order chi connectivity index (χ1) is 6.72. The number of hydrogen-bond acceptors (Lipinski definition) is 4. The summed E-state index contributed by atoms with van der Waals surface area (Å²) in [7, 11) is -3.46. The Balaban J connectivity index is 2.93. The van der Waals surface area contributed by atoms with E-state index in [4.69, 9.17) is 11.6 Å². The van der Waals surface area contributed by atoms with E-state index in [1.165, 1.54) is 12.1 Å². The van der Waals surface area contributed by atoms with Crippen LogP contribution in [0.25, 0.3) is 0 Å². The first kappa shape index (κ1) is 12.2. The minimum Gasteiger partial charge on any atom is -0.265 e. The van der Waals surface area contributed by atoms with Crippen LogP contribution in [-0.2, 0) is 10.0 Å². The predicted molar refractivity (Wildman–Crippen MR) is 59.3 cm³/mol. The second kappa shape index (κ2) is 3.94. The maximum absolute atomic E-state index is 11.7. The summed E-state index contributed by atoms with van der Waals surface area (Å²) in [5.41, 5.74) is 0. The first-order valence-electron chi connectivity index (χ1n) is 4.24. The molecule has 0 radical (unpaired) electrons. The van der Waals surface area contributed by atoms with Crippen molar-refractivity contribution in [3.8, 4) is 0 Å². The Kier molecular flexibility index (Phi) is 3.20. The van der Waals surface area contributed by atoms with Gasteiger partial charge < -0.3 is 0 Å². The van der Waals surface area contributed by atoms with Gasteiger partial charge in [-0.15, -0.1) is 10.2 Å². The van der Waals surface area contributed by atoms with Crippen molar-refractivity contribution in [1.82, 2.24) is 10.2 Å². The number of nitrogens with one attached hydrogen (secondary N) is 1. The molecule has 0 saturated heterocycles. The number of anilines is 1. The van der Waals surface area contributed by atoms with E-state index in [1.54, 1.807) is 20.8 Å². The molecule has 1 aromatic rings. The molecule has 0 aliphatic rings. The van der Waals surface area contributed by atoms with Gasteiger partial charge in [0, 0.05) is 0 Å². The second-order valence-corrected chi connectivity index (χ2v) is 6.78. The van der Waals surface area contributed by atoms with Gasteiger partial charge in [0.15, 0.2) is 11.0 Å². The lowest BCUT2D eigenvalue weighted by Gasteiger charge is -2.19. The Morgan fingerprint density at radius 3 is 2.27 bits per heavy atom. The number of hydrogen-bond donors (Lipinski definition) is 1. The summed E-state index contributed by atoms with van der Waals surface area (Å²) in [6.07, 6.45) is 0. The largest absolute Gasteiger partial charge is 0.265 e. The fourth-order valence-electron chi connectivity index (χ4n) is 0.661. The molecule has 0 fully saturated rings. The van der Waals surface area contributed by atoms with Gasteiger partial charge in [-0.05, 0) is 32.9 Å². The quantitative estimate of drug-likeness (QED) is 0.866. The lowest BCUT2D eigenvalue weighted by atomic mass is 10.3. The maximum atomic E-state index is 11.7. The molecule has 0 aliphatic heterocycles. The van der Waals surface area contributed by atoms with Crippen LogP contribution >= 0.6 is 11.6 Å². The molecule has 0 aromatic carbocycles. The zero-order chi connectivity index (χ0) is 11.7. The minimum absolute atomic E-state index is 0.161. The van der Waals surface area contributed by atoms with Crippen LogP contribution in [0.2, 0.25) is 5.15 Å². The van der Waals surface area contributed by atoms with Crippen molar-refractivity contribution in [2.24, 2.45) is 0 Å². The van der Waals surface area contributed by atoms with Crippen LogP contribution in [0.3, 0.4) is 0 Å². The van der Waals surface area contributed by atoms with Crippen molar-refractivity contribution >= 4 is 27.4 Å². The molecule has 15 heavy (non-hydrogen) atoms. The third-order valence-corrected chi connectivity index (χ3v) is 3.97. The summed E-state index contributed by atoms with van der Waals surface area (Å²) in [6.45, 7) is 4.79. The molecule has 1 aromatic heterocycles. The third kappa shape index (κ3) is 3.04. The first-order valence-corrected chi connectivity index (χ1v) is 6.10. The van der Waals surface area contributed by atoms with Crippen LogP contribution in [0.4, 0.5) is 5.82 Å². The molecular weight excluding hydrogens is 238 g/mol. The molecule has 7 heteroatoms. The predicted octanol–water partition coefficient (Wildman–Crippen LogP) is 1.67. The molecule has 0 amide bonds. The van der Waals surface area contributed by atoms with Gasteiger partial charge in [-0.1, -0.05) is 11.6 Å². The van der Waals surface area contributed by atoms with Crippen molar-refractivity contribution in [3.05, 3.63) is 17.3 Å². The summed E-state index contributed by atoms with van der Waals surface area (Å²) in [5, 5.41) is 7.35. The van der Waals surface area contributed by atoms with E-state index in [1.807, 2.05) is 0 Å². The van der Waals surface area contributed by atoms with Gasteiger partial charge in [0.2, 0.25) is 10.0 Å². The Hall–Kier alpha value is -0.880. The zero-order valence-electron chi connectivity index (χ0n) is 8.65. The summed E-state index contributed by atoms with van der Waals surface area (Å²) >= 11 is 5.52. The number of nitrogens with zero attached hydrogens (tertiary/aromatic N) is 2. The van der Waals surface area contributed by atoms with E-state index in [-0.39, 0.29) is 11.0 Å². The van der Waals surface area contributed by atoms with Gasteiger partial charge in [0.05, 0.1) is 4.75 Å². The highest BCUT2D eigenvalue weighted by Crippen LogP contribution is 2.18. The smallest absolute Gasteiger partial charge is 0.238 e. The van der Waals surface area contributed by atoms with Crippen molar-refractivity contribution in [1.29, 1.82) is 0 Å². The van der Waals surface area contributed by atoms with Crippen LogP contribution in [-0.4, -0.2) is 23.4 Å². The Bertz CT molecular complexity index is 436. The molecule has 1 N–H and O–H groups in total. The monoisotopic (exact) mass is 249 g/mol. The molecule has 5 nitrogen and oxygen atoms in total. The van der Waals surface area contributed by atoms with Gasteiger partial charge in [0.25, 0.3) is 0 Å². The third-order valence-electron chi connectivity index (χ3n) is 1.68. The van der Waals surface area contributed by atoms with Crippen molar-refractivity contribution in [2.75, 3.05) is 4.72 Å². The normalized spacial score (nSPS) is 12.5. The lowest BCUT2D eigenvalue weighted by molar-refractivity contribution is 0.565. The van der Waals surface area contributed by atoms with Crippen LogP contribution in [0.15, 0.2) is 12.1 Å². The van der Waals surface area contributed by atoms with E-state index in [0.717, 1.165) is 0 Å². The topological polar surface area (TPSA) is 72.0 Å².